The van der Waals surface area contributed by atoms with E-state index in [1.54, 1.807) is 0 Å². The van der Waals surface area contributed by atoms with Gasteiger partial charge in [0.1, 0.15) is 0 Å². The molecule has 5 heterocycles. The van der Waals surface area contributed by atoms with Crippen LogP contribution in [0.5, 0.6) is 11.5 Å². The monoisotopic (exact) mass is 425 g/mol. The molecule has 1 aromatic heterocycles. The van der Waals surface area contributed by atoms with Crippen molar-refractivity contribution in [3.63, 3.8) is 0 Å². The molecule has 0 radical (unpaired) electrons. The molecule has 31 heavy (non-hydrogen) atoms. The van der Waals surface area contributed by atoms with Crippen LogP contribution in [0, 0.1) is 11.8 Å². The maximum Gasteiger partial charge on any atom is 0.231 e. The van der Waals surface area contributed by atoms with Gasteiger partial charge in [-0.05, 0) is 43.0 Å². The summed E-state index contributed by atoms with van der Waals surface area (Å²) in [5.74, 6) is 2.15. The SMILES string of the molecule is CC(C)(C)c1cn(C[C@H]2C[C@H]3CCN2C[C@@H]3C(=O)NCc2ccc3c(c2)OCO3)nn1. The number of ether oxygens (including phenoxy) is 2. The van der Waals surface area contributed by atoms with Crippen LogP contribution in [0.3, 0.4) is 0 Å². The number of aromatic nitrogens is 3. The lowest BCUT2D eigenvalue weighted by Gasteiger charge is -2.49. The lowest BCUT2D eigenvalue weighted by atomic mass is 9.75. The summed E-state index contributed by atoms with van der Waals surface area (Å²) in [6.07, 6.45) is 4.19. The molecule has 1 N–H and O–H groups in total. The van der Waals surface area contributed by atoms with Crippen LogP contribution in [0.1, 0.15) is 44.9 Å². The molecule has 166 valence electrons. The van der Waals surface area contributed by atoms with Crippen LogP contribution < -0.4 is 14.8 Å². The van der Waals surface area contributed by atoms with E-state index in [1.165, 1.54) is 0 Å². The maximum atomic E-state index is 13.0. The molecule has 0 saturated carbocycles. The maximum absolute atomic E-state index is 13.0. The minimum Gasteiger partial charge on any atom is -0.454 e. The third-order valence-electron chi connectivity index (χ3n) is 6.82. The van der Waals surface area contributed by atoms with Crippen molar-refractivity contribution < 1.29 is 14.3 Å². The molecule has 3 fully saturated rings. The zero-order chi connectivity index (χ0) is 21.6. The molecule has 3 saturated heterocycles. The van der Waals surface area contributed by atoms with Gasteiger partial charge >= 0.3 is 0 Å². The van der Waals surface area contributed by atoms with E-state index in [4.69, 9.17) is 9.47 Å². The summed E-state index contributed by atoms with van der Waals surface area (Å²) < 4.78 is 12.8. The molecule has 1 amide bonds. The Labute approximate surface area is 182 Å². The number of nitrogens with zero attached hydrogens (tertiary/aromatic N) is 4. The fourth-order valence-electron chi connectivity index (χ4n) is 4.94. The Morgan fingerprint density at radius 3 is 2.84 bits per heavy atom. The van der Waals surface area contributed by atoms with Gasteiger partial charge in [0, 0.05) is 30.7 Å². The van der Waals surface area contributed by atoms with E-state index in [-0.39, 0.29) is 24.0 Å². The molecule has 6 rings (SSSR count). The van der Waals surface area contributed by atoms with Gasteiger partial charge in [0.25, 0.3) is 0 Å². The summed E-state index contributed by atoms with van der Waals surface area (Å²) in [4.78, 5) is 15.4. The third-order valence-corrected chi connectivity index (χ3v) is 6.82. The molecular weight excluding hydrogens is 394 g/mol. The van der Waals surface area contributed by atoms with Gasteiger partial charge < -0.3 is 14.8 Å². The lowest BCUT2D eigenvalue weighted by Crippen LogP contribution is -2.58. The molecule has 4 aliphatic rings. The van der Waals surface area contributed by atoms with Crippen LogP contribution in [0.2, 0.25) is 0 Å². The Morgan fingerprint density at radius 2 is 2.10 bits per heavy atom. The van der Waals surface area contributed by atoms with Crippen molar-refractivity contribution in [1.82, 2.24) is 25.2 Å². The van der Waals surface area contributed by atoms with Crippen molar-refractivity contribution in [3.8, 4) is 11.5 Å². The number of hydrogen-bond donors (Lipinski definition) is 1. The first-order valence-electron chi connectivity index (χ1n) is 11.2. The summed E-state index contributed by atoms with van der Waals surface area (Å²) in [7, 11) is 0. The molecule has 4 atom stereocenters. The average Bonchev–Trinajstić information content (AvgIpc) is 3.41. The van der Waals surface area contributed by atoms with Crippen molar-refractivity contribution in [2.45, 2.75) is 58.2 Å². The van der Waals surface area contributed by atoms with Gasteiger partial charge in [0.2, 0.25) is 12.7 Å². The first-order chi connectivity index (χ1) is 14.9. The number of piperidine rings is 3. The molecular formula is C23H31N5O3. The van der Waals surface area contributed by atoms with E-state index in [1.807, 2.05) is 22.9 Å². The minimum atomic E-state index is 0.00523. The highest BCUT2D eigenvalue weighted by Gasteiger charge is 2.43. The highest BCUT2D eigenvalue weighted by molar-refractivity contribution is 5.79. The fraction of sp³-hybridized carbons (Fsp3) is 0.609. The van der Waals surface area contributed by atoms with Crippen LogP contribution >= 0.6 is 0 Å². The first kappa shape index (κ1) is 20.3. The number of rotatable bonds is 5. The Hall–Kier alpha value is -2.61. The second kappa shape index (κ2) is 7.82. The second-order valence-electron chi connectivity index (χ2n) is 10.0. The molecule has 2 bridgehead atoms. The van der Waals surface area contributed by atoms with Crippen LogP contribution in [0.15, 0.2) is 24.4 Å². The molecule has 1 aromatic carbocycles. The smallest absolute Gasteiger partial charge is 0.231 e. The predicted molar refractivity (Wildman–Crippen MR) is 115 cm³/mol. The van der Waals surface area contributed by atoms with Crippen LogP contribution in [0.25, 0.3) is 0 Å². The Balaban J connectivity index is 1.17. The number of carbonyl (C=O) groups is 1. The first-order valence-corrected chi connectivity index (χ1v) is 11.2. The van der Waals surface area contributed by atoms with Gasteiger partial charge in [-0.25, -0.2) is 0 Å². The van der Waals surface area contributed by atoms with Crippen molar-refractivity contribution >= 4 is 5.91 Å². The molecule has 4 aliphatic heterocycles. The molecule has 2 aromatic rings. The molecule has 8 heteroatoms. The summed E-state index contributed by atoms with van der Waals surface area (Å²) in [5, 5.41) is 11.8. The molecule has 0 aliphatic carbocycles. The topological polar surface area (TPSA) is 81.5 Å². The van der Waals surface area contributed by atoms with Crippen LogP contribution in [-0.4, -0.2) is 51.7 Å². The number of nitrogens with one attached hydrogen (secondary N) is 1. The van der Waals surface area contributed by atoms with Crippen molar-refractivity contribution in [1.29, 1.82) is 0 Å². The number of amides is 1. The van der Waals surface area contributed by atoms with Gasteiger partial charge in [0.15, 0.2) is 11.5 Å². The fourth-order valence-corrected chi connectivity index (χ4v) is 4.94. The van der Waals surface area contributed by atoms with Crippen molar-refractivity contribution in [2.24, 2.45) is 11.8 Å². The van der Waals surface area contributed by atoms with E-state index < -0.39 is 0 Å². The number of fused-ring (bicyclic) bond motifs is 4. The Morgan fingerprint density at radius 1 is 1.26 bits per heavy atom. The van der Waals surface area contributed by atoms with Gasteiger partial charge in [-0.2, -0.15) is 0 Å². The lowest BCUT2D eigenvalue weighted by molar-refractivity contribution is -0.133. The molecule has 8 nitrogen and oxygen atoms in total. The van der Waals surface area contributed by atoms with E-state index >= 15 is 0 Å². The Bertz CT molecular complexity index is 966. The molecule has 0 spiro atoms. The largest absolute Gasteiger partial charge is 0.454 e. The normalized spacial score (nSPS) is 26.8. The number of hydrogen-bond acceptors (Lipinski definition) is 6. The van der Waals surface area contributed by atoms with Gasteiger partial charge in [-0.1, -0.05) is 32.1 Å². The van der Waals surface area contributed by atoms with E-state index in [0.717, 1.165) is 55.2 Å². The standard InChI is InChI=1S/C23H31N5O3/c1-23(2,3)21-13-28(26-25-21)11-17-9-16-6-7-27(17)12-18(16)22(29)24-10-15-4-5-19-20(8-15)31-14-30-19/h4-5,8,13,16-18H,6-7,9-12,14H2,1-3H3,(H,24,29)/t16-,17-,18+/m1/s1. The highest BCUT2D eigenvalue weighted by Crippen LogP contribution is 2.37. The van der Waals surface area contributed by atoms with E-state index in [0.29, 0.717) is 18.5 Å². The minimum absolute atomic E-state index is 0.00523. The zero-order valence-electron chi connectivity index (χ0n) is 18.5. The quantitative estimate of drug-likeness (QED) is 0.792. The number of carbonyl (C=O) groups excluding carboxylic acids is 1. The van der Waals surface area contributed by atoms with E-state index in [2.05, 4.69) is 47.5 Å². The summed E-state index contributed by atoms with van der Waals surface area (Å²) in [6.45, 7) is 9.95. The summed E-state index contributed by atoms with van der Waals surface area (Å²) >= 11 is 0. The van der Waals surface area contributed by atoms with Crippen molar-refractivity contribution in [2.75, 3.05) is 19.9 Å². The Kier molecular flexibility index (Phi) is 5.12. The zero-order valence-corrected chi connectivity index (χ0v) is 18.5. The average molecular weight is 426 g/mol. The van der Waals surface area contributed by atoms with Crippen molar-refractivity contribution in [3.05, 3.63) is 35.7 Å². The van der Waals surface area contributed by atoms with Crippen LogP contribution in [0.4, 0.5) is 0 Å². The van der Waals surface area contributed by atoms with Gasteiger partial charge in [-0.15, -0.1) is 5.10 Å². The highest BCUT2D eigenvalue weighted by atomic mass is 16.7. The summed E-state index contributed by atoms with van der Waals surface area (Å²) in [5.41, 5.74) is 2.05. The third kappa shape index (κ3) is 4.13. The number of benzene rings is 1. The predicted octanol–water partition coefficient (Wildman–Crippen LogP) is 2.33. The van der Waals surface area contributed by atoms with Gasteiger partial charge in [-0.3, -0.25) is 14.4 Å². The van der Waals surface area contributed by atoms with E-state index in [9.17, 15) is 4.79 Å². The van der Waals surface area contributed by atoms with Gasteiger partial charge in [0.05, 0.1) is 18.2 Å². The molecule has 1 unspecified atom stereocenters. The summed E-state index contributed by atoms with van der Waals surface area (Å²) in [6, 6.07) is 6.24. The van der Waals surface area contributed by atoms with Crippen LogP contribution in [-0.2, 0) is 23.3 Å². The second-order valence-corrected chi connectivity index (χ2v) is 10.0.